The van der Waals surface area contributed by atoms with Crippen LogP contribution in [0.5, 0.6) is 0 Å². The van der Waals surface area contributed by atoms with Crippen molar-refractivity contribution >= 4 is 44.1 Å². The fraction of sp³-hybridized carbons (Fsp3) is 0. The van der Waals surface area contributed by atoms with Crippen LogP contribution >= 0.6 is 37.0 Å². The molecule has 0 bridgehead atoms. The Bertz CT molecular complexity index is 692. The number of hydrogen-bond donors (Lipinski definition) is 0. The zero-order valence-corrected chi connectivity index (χ0v) is 16.3. The maximum atomic E-state index is 7.00. The molecule has 0 fully saturated rings. The van der Waals surface area contributed by atoms with Gasteiger partial charge in [0.05, 0.1) is 0 Å². The fourth-order valence-corrected chi connectivity index (χ4v) is 18.2. The fourth-order valence-electron chi connectivity index (χ4n) is 1.84. The van der Waals surface area contributed by atoms with E-state index < -0.39 is 17.3 Å². The summed E-state index contributed by atoms with van der Waals surface area (Å²) in [5, 5.41) is 0. The van der Waals surface area contributed by atoms with Crippen LogP contribution < -0.4 is 0 Å². The van der Waals surface area contributed by atoms with E-state index >= 15 is 0 Å². The summed E-state index contributed by atoms with van der Waals surface area (Å²) in [7, 11) is 8.92. The average molecular weight is 458 g/mol. The Morgan fingerprint density at radius 2 is 1.18 bits per heavy atom. The summed E-state index contributed by atoms with van der Waals surface area (Å²) in [6, 6.07) is 31.8. The molecule has 0 saturated carbocycles. The molecule has 3 rings (SSSR count). The third-order valence-corrected chi connectivity index (χ3v) is 21.5. The molecular weight excluding hydrogens is 443 g/mol. The molecule has 0 aliphatic heterocycles. The minimum absolute atomic E-state index is 0.00420. The van der Waals surface area contributed by atoms with E-state index in [-0.39, 0.29) is 7.10 Å². The molecule has 0 amide bonds. The van der Waals surface area contributed by atoms with Gasteiger partial charge in [-0.05, 0) is 0 Å². The van der Waals surface area contributed by atoms with Gasteiger partial charge in [0.1, 0.15) is 0 Å². The summed E-state index contributed by atoms with van der Waals surface area (Å²) in [5.74, 6) is 0. The Morgan fingerprint density at radius 1 is 0.682 bits per heavy atom. The predicted octanol–water partition coefficient (Wildman–Crippen LogP) is 6.82. The monoisotopic (exact) mass is 457 g/mol. The van der Waals surface area contributed by atoms with E-state index in [1.54, 1.807) is 0 Å². The summed E-state index contributed by atoms with van der Waals surface area (Å²) >= 11 is -1.81. The summed E-state index contributed by atoms with van der Waals surface area (Å²) in [6.45, 7) is 0. The van der Waals surface area contributed by atoms with Gasteiger partial charge >= 0.3 is 148 Å². The van der Waals surface area contributed by atoms with E-state index in [2.05, 4.69) is 91.0 Å². The van der Waals surface area contributed by atoms with Gasteiger partial charge in [-0.1, -0.05) is 0 Å². The van der Waals surface area contributed by atoms with E-state index in [0.29, 0.717) is 0 Å². The van der Waals surface area contributed by atoms with Crippen LogP contribution in [0.2, 0.25) is 0 Å². The maximum absolute atomic E-state index is 7.00. The Morgan fingerprint density at radius 3 is 1.77 bits per heavy atom. The molecule has 112 valence electrons. The predicted molar refractivity (Wildman–Crippen MR) is 109 cm³/mol. The van der Waals surface area contributed by atoms with Gasteiger partial charge in [-0.3, -0.25) is 0 Å². The van der Waals surface area contributed by atoms with Gasteiger partial charge < -0.3 is 0 Å². The molecule has 3 aromatic rings. The first-order valence-corrected chi connectivity index (χ1v) is 15.7. The minimum atomic E-state index is -1.81. The van der Waals surface area contributed by atoms with Crippen molar-refractivity contribution in [3.8, 4) is 0 Å². The SMILES string of the molecule is ClI(c1ccccc1)[S+](Sc1ccccc1)c1ccccc1. The van der Waals surface area contributed by atoms with Crippen LogP contribution in [0, 0.1) is 3.57 Å². The number of rotatable bonds is 5. The molecule has 3 aromatic carbocycles. The van der Waals surface area contributed by atoms with Crippen molar-refractivity contribution in [1.29, 1.82) is 0 Å². The van der Waals surface area contributed by atoms with Gasteiger partial charge in [-0.15, -0.1) is 0 Å². The van der Waals surface area contributed by atoms with Crippen LogP contribution in [-0.4, -0.2) is 0 Å². The normalized spacial score (nSPS) is 12.7. The van der Waals surface area contributed by atoms with Gasteiger partial charge in [-0.2, -0.15) is 0 Å². The zero-order chi connectivity index (χ0) is 15.2. The van der Waals surface area contributed by atoms with Crippen molar-refractivity contribution in [3.63, 3.8) is 0 Å². The summed E-state index contributed by atoms with van der Waals surface area (Å²) < 4.78 is 1.32. The van der Waals surface area contributed by atoms with Crippen molar-refractivity contribution in [3.05, 3.63) is 94.6 Å². The molecule has 4 heteroatoms. The van der Waals surface area contributed by atoms with Gasteiger partial charge in [0.2, 0.25) is 0 Å². The summed E-state index contributed by atoms with van der Waals surface area (Å²) in [6.07, 6.45) is 0. The Hall–Kier alpha value is -0.620. The van der Waals surface area contributed by atoms with Crippen LogP contribution in [-0.2, 0) is 7.10 Å². The zero-order valence-electron chi connectivity index (χ0n) is 11.7. The number of hydrogen-bond acceptors (Lipinski definition) is 1. The van der Waals surface area contributed by atoms with E-state index in [1.165, 1.54) is 13.4 Å². The second kappa shape index (κ2) is 8.29. The molecule has 1 atom stereocenters. The van der Waals surface area contributed by atoms with Crippen LogP contribution in [0.4, 0.5) is 0 Å². The van der Waals surface area contributed by atoms with Gasteiger partial charge in [0, 0.05) is 0 Å². The first kappa shape index (κ1) is 16.2. The second-order valence-corrected chi connectivity index (χ2v) is 19.5. The Balaban J connectivity index is 1.93. The molecule has 0 aliphatic rings. The van der Waals surface area contributed by atoms with Gasteiger partial charge in [-0.25, -0.2) is 0 Å². The van der Waals surface area contributed by atoms with E-state index in [4.69, 9.17) is 8.91 Å². The molecular formula is C18H15ClIS2+. The molecule has 0 spiro atoms. The third kappa shape index (κ3) is 4.22. The van der Waals surface area contributed by atoms with Crippen LogP contribution in [0.25, 0.3) is 0 Å². The molecule has 0 nitrogen and oxygen atoms in total. The van der Waals surface area contributed by atoms with Gasteiger partial charge in [0.25, 0.3) is 0 Å². The van der Waals surface area contributed by atoms with E-state index in [0.717, 1.165) is 0 Å². The van der Waals surface area contributed by atoms with Crippen molar-refractivity contribution in [2.75, 3.05) is 0 Å². The van der Waals surface area contributed by atoms with Crippen LogP contribution in [0.15, 0.2) is 101 Å². The molecule has 0 saturated heterocycles. The van der Waals surface area contributed by atoms with Crippen molar-refractivity contribution in [2.24, 2.45) is 0 Å². The average Bonchev–Trinajstić information content (AvgIpc) is 2.61. The van der Waals surface area contributed by atoms with Crippen LogP contribution in [0.3, 0.4) is 0 Å². The topological polar surface area (TPSA) is 0 Å². The number of halogens is 2. The molecule has 0 aromatic heterocycles. The Kier molecular flexibility index (Phi) is 6.12. The molecule has 0 heterocycles. The Labute approximate surface area is 147 Å². The molecule has 0 aliphatic carbocycles. The number of benzene rings is 3. The van der Waals surface area contributed by atoms with E-state index in [1.807, 2.05) is 10.8 Å². The van der Waals surface area contributed by atoms with Crippen molar-refractivity contribution in [1.82, 2.24) is 0 Å². The van der Waals surface area contributed by atoms with Crippen molar-refractivity contribution in [2.45, 2.75) is 9.79 Å². The van der Waals surface area contributed by atoms with Crippen LogP contribution in [0.1, 0.15) is 0 Å². The first-order chi connectivity index (χ1) is 10.8. The van der Waals surface area contributed by atoms with Crippen molar-refractivity contribution < 1.29 is 0 Å². The van der Waals surface area contributed by atoms with Gasteiger partial charge in [0.15, 0.2) is 0 Å². The summed E-state index contributed by atoms with van der Waals surface area (Å²) in [5.41, 5.74) is 0. The van der Waals surface area contributed by atoms with E-state index in [9.17, 15) is 0 Å². The molecule has 0 N–H and O–H groups in total. The second-order valence-electron chi connectivity index (χ2n) is 4.44. The first-order valence-electron chi connectivity index (χ1n) is 6.79. The molecule has 22 heavy (non-hydrogen) atoms. The standard InChI is InChI=1S/C18H15ClIS2/c19-20(16-10-4-1-5-11-16)22(18-14-8-3-9-15-18)21-17-12-6-2-7-13-17/h1-15H/q+1. The quantitative estimate of drug-likeness (QED) is 0.230. The third-order valence-electron chi connectivity index (χ3n) is 2.87. The summed E-state index contributed by atoms with van der Waals surface area (Å²) in [4.78, 5) is 2.63. The molecule has 0 radical (unpaired) electrons. The molecule has 1 unspecified atom stereocenters.